The smallest absolute Gasteiger partial charge is 0.206 e. The molecule has 0 aromatic heterocycles. The minimum atomic E-state index is -7.17. The van der Waals surface area contributed by atoms with Gasteiger partial charge < -0.3 is 0 Å². The molecule has 0 aliphatic carbocycles. The lowest BCUT2D eigenvalue weighted by atomic mass is 10.3. The second-order valence-corrected chi connectivity index (χ2v) is 4.63. The predicted molar refractivity (Wildman–Crippen MR) is 36.8 cm³/mol. The molecule has 0 aliphatic heterocycles. The van der Waals surface area contributed by atoms with E-state index < -0.39 is 33.0 Å². The van der Waals surface area contributed by atoms with Gasteiger partial charge in [0.05, 0.1) is 0 Å². The molecule has 1 atom stereocenters. The summed E-state index contributed by atoms with van der Waals surface area (Å²) in [5.41, 5.74) is -6.48. The largest absolute Gasteiger partial charge is 0.523 e. The maximum absolute atomic E-state index is 12.4. The van der Waals surface area contributed by atoms with Crippen molar-refractivity contribution in [1.82, 2.24) is 0 Å². The minimum Gasteiger partial charge on any atom is -0.206 e. The van der Waals surface area contributed by atoms with E-state index in [0.717, 1.165) is 0 Å². The van der Waals surface area contributed by atoms with Crippen molar-refractivity contribution >= 4 is 21.7 Å². The highest BCUT2D eigenvalue weighted by molar-refractivity contribution is 7.87. The van der Waals surface area contributed by atoms with Gasteiger partial charge in [0.2, 0.25) is 0 Å². The van der Waals surface area contributed by atoms with Crippen molar-refractivity contribution in [3.8, 4) is 0 Å². The molecule has 0 radical (unpaired) electrons. The Balaban J connectivity index is 5.48. The average Bonchev–Trinajstić information content (AvgIpc) is 1.96. The number of hydrogen-bond donors (Lipinski definition) is 0. The molecular formula is C4ClF9O3S. The first-order valence-corrected chi connectivity index (χ1v) is 5.08. The number of rotatable bonds is 3. The average molecular weight is 335 g/mol. The molecule has 0 saturated carbocycles. The van der Waals surface area contributed by atoms with Gasteiger partial charge in [-0.25, -0.2) is 4.39 Å². The van der Waals surface area contributed by atoms with Crippen molar-refractivity contribution in [2.75, 3.05) is 0 Å². The lowest BCUT2D eigenvalue weighted by Gasteiger charge is -2.28. The Kier molecular flexibility index (Phi) is 4.20. The Morgan fingerprint density at radius 2 is 1.17 bits per heavy atom. The van der Waals surface area contributed by atoms with Crippen LogP contribution in [-0.2, 0) is 14.3 Å². The van der Waals surface area contributed by atoms with E-state index in [2.05, 4.69) is 11.6 Å². The molecular weight excluding hydrogens is 335 g/mol. The standard InChI is InChI=1S/C4ClF9O3S/c5-1(6,2(7,8)9)3(10,11)17-18(15,16)4(12,13)14. The highest BCUT2D eigenvalue weighted by Crippen LogP contribution is 2.50. The van der Waals surface area contributed by atoms with E-state index in [9.17, 15) is 47.9 Å². The van der Waals surface area contributed by atoms with E-state index in [0.29, 0.717) is 0 Å². The lowest BCUT2D eigenvalue weighted by molar-refractivity contribution is -0.325. The van der Waals surface area contributed by atoms with Crippen molar-refractivity contribution in [2.45, 2.75) is 22.9 Å². The molecule has 0 fully saturated rings. The molecule has 0 saturated heterocycles. The summed E-state index contributed by atoms with van der Waals surface area (Å²) in [6.07, 6.45) is -13.1. The van der Waals surface area contributed by atoms with Crippen molar-refractivity contribution in [3.63, 3.8) is 0 Å². The maximum atomic E-state index is 12.4. The van der Waals surface area contributed by atoms with Crippen molar-refractivity contribution < 1.29 is 52.1 Å². The van der Waals surface area contributed by atoms with Gasteiger partial charge in [0.15, 0.2) is 0 Å². The van der Waals surface area contributed by atoms with Crippen LogP contribution in [0.3, 0.4) is 0 Å². The summed E-state index contributed by atoms with van der Waals surface area (Å²) in [6, 6.07) is 0. The first-order chi connectivity index (χ1) is 7.46. The van der Waals surface area contributed by atoms with E-state index >= 15 is 0 Å². The van der Waals surface area contributed by atoms with E-state index in [1.807, 2.05) is 4.18 Å². The molecule has 110 valence electrons. The molecule has 3 nitrogen and oxygen atoms in total. The van der Waals surface area contributed by atoms with Crippen LogP contribution in [-0.4, -0.2) is 31.3 Å². The highest BCUT2D eigenvalue weighted by atomic mass is 35.5. The van der Waals surface area contributed by atoms with E-state index in [-0.39, 0.29) is 0 Å². The summed E-state index contributed by atoms with van der Waals surface area (Å²) in [5, 5.41) is -6.15. The molecule has 0 heterocycles. The van der Waals surface area contributed by atoms with Crippen LogP contribution in [0.15, 0.2) is 0 Å². The second-order valence-electron chi connectivity index (χ2n) is 2.57. The predicted octanol–water partition coefficient (Wildman–Crippen LogP) is 2.91. The van der Waals surface area contributed by atoms with Crippen LogP contribution >= 0.6 is 11.6 Å². The molecule has 0 N–H and O–H groups in total. The van der Waals surface area contributed by atoms with Crippen molar-refractivity contribution in [1.29, 1.82) is 0 Å². The van der Waals surface area contributed by atoms with Gasteiger partial charge in [-0.15, -0.1) is 0 Å². The second kappa shape index (κ2) is 4.30. The number of halogens is 10. The molecule has 18 heavy (non-hydrogen) atoms. The number of hydrogen-bond acceptors (Lipinski definition) is 3. The first-order valence-electron chi connectivity index (χ1n) is 3.30. The van der Waals surface area contributed by atoms with Gasteiger partial charge in [-0.3, -0.25) is 0 Å². The summed E-state index contributed by atoms with van der Waals surface area (Å²) in [5.74, 6) is 0. The van der Waals surface area contributed by atoms with Crippen LogP contribution < -0.4 is 0 Å². The van der Waals surface area contributed by atoms with Crippen LogP contribution in [0.5, 0.6) is 0 Å². The topological polar surface area (TPSA) is 43.4 Å². The molecule has 0 aromatic rings. The summed E-state index contributed by atoms with van der Waals surface area (Å²) < 4.78 is 129. The Morgan fingerprint density at radius 3 is 1.39 bits per heavy atom. The van der Waals surface area contributed by atoms with Gasteiger partial charge in [-0.2, -0.15) is 47.7 Å². The molecule has 0 amide bonds. The third-order valence-corrected chi connectivity index (χ3v) is 2.65. The van der Waals surface area contributed by atoms with Crippen LogP contribution in [0, 0.1) is 0 Å². The molecule has 0 aromatic carbocycles. The molecule has 0 bridgehead atoms. The van der Waals surface area contributed by atoms with Gasteiger partial charge in [0.1, 0.15) is 0 Å². The van der Waals surface area contributed by atoms with Gasteiger partial charge in [0, 0.05) is 0 Å². The van der Waals surface area contributed by atoms with E-state index in [1.165, 1.54) is 0 Å². The zero-order valence-electron chi connectivity index (χ0n) is 7.41. The lowest BCUT2D eigenvalue weighted by Crippen LogP contribution is -2.54. The fourth-order valence-electron chi connectivity index (χ4n) is 0.402. The molecule has 14 heteroatoms. The normalized spacial score (nSPS) is 18.6. The SMILES string of the molecule is O=S(=O)(OC(F)(F)C(F)(Cl)C(F)(F)F)C(F)(F)F. The van der Waals surface area contributed by atoms with Crippen LogP contribution in [0.1, 0.15) is 0 Å². The molecule has 0 spiro atoms. The highest BCUT2D eigenvalue weighted by Gasteiger charge is 2.75. The first kappa shape index (κ1) is 17.6. The Labute approximate surface area is 97.6 Å². The van der Waals surface area contributed by atoms with E-state index in [4.69, 9.17) is 0 Å². The fourth-order valence-corrected chi connectivity index (χ4v) is 0.972. The summed E-state index contributed by atoms with van der Waals surface area (Å²) in [6.45, 7) is 0. The third kappa shape index (κ3) is 3.12. The third-order valence-electron chi connectivity index (χ3n) is 1.22. The zero-order valence-corrected chi connectivity index (χ0v) is 8.99. The molecule has 0 rings (SSSR count). The summed E-state index contributed by atoms with van der Waals surface area (Å²) >= 11 is 3.66. The maximum Gasteiger partial charge on any atom is 0.523 e. The summed E-state index contributed by atoms with van der Waals surface area (Å²) in [4.78, 5) is 0. The van der Waals surface area contributed by atoms with Gasteiger partial charge >= 0.3 is 33.0 Å². The fraction of sp³-hybridized carbons (Fsp3) is 1.00. The zero-order chi connectivity index (χ0) is 15.2. The van der Waals surface area contributed by atoms with Crippen LogP contribution in [0.4, 0.5) is 39.5 Å². The molecule has 0 aliphatic rings. The van der Waals surface area contributed by atoms with Gasteiger partial charge in [-0.1, -0.05) is 11.6 Å². The van der Waals surface area contributed by atoms with Crippen molar-refractivity contribution in [2.24, 2.45) is 0 Å². The van der Waals surface area contributed by atoms with Gasteiger partial charge in [-0.05, 0) is 0 Å². The van der Waals surface area contributed by atoms with Crippen LogP contribution in [0.2, 0.25) is 0 Å². The quantitative estimate of drug-likeness (QED) is 0.345. The summed E-state index contributed by atoms with van der Waals surface area (Å²) in [7, 11) is -7.17. The molecule has 1 unspecified atom stereocenters. The van der Waals surface area contributed by atoms with Gasteiger partial charge in [0.25, 0.3) is 0 Å². The number of alkyl halides is 10. The monoisotopic (exact) mass is 334 g/mol. The van der Waals surface area contributed by atoms with Crippen LogP contribution in [0.25, 0.3) is 0 Å². The van der Waals surface area contributed by atoms with E-state index in [1.54, 1.807) is 0 Å². The van der Waals surface area contributed by atoms with Crippen molar-refractivity contribution in [3.05, 3.63) is 0 Å². The Hall–Kier alpha value is -0.430. The Bertz CT molecular complexity index is 407. The minimum absolute atomic E-state index is 1.87. The Morgan fingerprint density at radius 1 is 0.833 bits per heavy atom.